The van der Waals surface area contributed by atoms with Crippen LogP contribution >= 0.6 is 11.6 Å². The van der Waals surface area contributed by atoms with Gasteiger partial charge in [-0.05, 0) is 41.8 Å². The van der Waals surface area contributed by atoms with Gasteiger partial charge in [0.05, 0.1) is 0 Å². The lowest BCUT2D eigenvalue weighted by molar-refractivity contribution is -0.175. The van der Waals surface area contributed by atoms with E-state index in [0.29, 0.717) is 17.0 Å². The Balaban J connectivity index is 1.89. The van der Waals surface area contributed by atoms with Gasteiger partial charge < -0.3 is 20.4 Å². The van der Waals surface area contributed by atoms with Crippen molar-refractivity contribution in [2.45, 2.75) is 56.9 Å². The minimum Gasteiger partial charge on any atom is -0.357 e. The maximum Gasteiger partial charge on any atom is 0.471 e. The van der Waals surface area contributed by atoms with Crippen molar-refractivity contribution >= 4 is 35.2 Å². The first kappa shape index (κ1) is 31.9. The zero-order valence-corrected chi connectivity index (χ0v) is 23.3. The van der Waals surface area contributed by atoms with E-state index in [-0.39, 0.29) is 32.4 Å². The number of halogens is 5. The molecular formula is C28H31ClF4N4O4. The normalized spacial score (nSPS) is 17.1. The standard InChI is InChI=1S/C28H31ClF4N4O4/c1-3-4-22-26(40)37(23(24(38)34-2)16-18-5-9-19(29)10-6-18)14-13-36(22)25(39)21(35-27(41)28(31,32)33)15-17-7-11-20(30)12-8-17/h5-12,21-23H,3-4,13-16H2,1-2H3,(H,34,38)(H,35,41). The maximum atomic E-state index is 13.8. The van der Waals surface area contributed by atoms with Crippen LogP contribution < -0.4 is 10.6 Å². The molecule has 1 aliphatic rings. The largest absolute Gasteiger partial charge is 0.471 e. The molecule has 3 atom stereocenters. The second kappa shape index (κ2) is 13.8. The van der Waals surface area contributed by atoms with Crippen LogP contribution in [0, 0.1) is 5.82 Å². The summed E-state index contributed by atoms with van der Waals surface area (Å²) >= 11 is 5.96. The highest BCUT2D eigenvalue weighted by atomic mass is 35.5. The Morgan fingerprint density at radius 3 is 2.15 bits per heavy atom. The molecule has 2 N–H and O–H groups in total. The number of nitrogens with zero attached hydrogens (tertiary/aromatic N) is 2. The van der Waals surface area contributed by atoms with Crippen LogP contribution in [0.5, 0.6) is 0 Å². The van der Waals surface area contributed by atoms with Crippen molar-refractivity contribution in [3.05, 3.63) is 70.5 Å². The Morgan fingerprint density at radius 1 is 1.00 bits per heavy atom. The van der Waals surface area contributed by atoms with Crippen LogP contribution in [-0.4, -0.2) is 77.9 Å². The highest BCUT2D eigenvalue weighted by Gasteiger charge is 2.45. The molecule has 1 saturated heterocycles. The Hall–Kier alpha value is -3.67. The number of carbonyl (C=O) groups is 4. The lowest BCUT2D eigenvalue weighted by atomic mass is 9.97. The summed E-state index contributed by atoms with van der Waals surface area (Å²) in [5, 5.41) is 4.81. The summed E-state index contributed by atoms with van der Waals surface area (Å²) in [5.41, 5.74) is 1.06. The molecule has 0 aliphatic carbocycles. The van der Waals surface area contributed by atoms with E-state index in [9.17, 15) is 36.7 Å². The van der Waals surface area contributed by atoms with Crippen LogP contribution in [0.25, 0.3) is 0 Å². The molecule has 0 saturated carbocycles. The van der Waals surface area contributed by atoms with Crippen LogP contribution in [0.3, 0.4) is 0 Å². The van der Waals surface area contributed by atoms with E-state index < -0.39 is 53.7 Å². The predicted octanol–water partition coefficient (Wildman–Crippen LogP) is 3.27. The van der Waals surface area contributed by atoms with Crippen molar-refractivity contribution in [1.29, 1.82) is 0 Å². The Morgan fingerprint density at radius 2 is 1.59 bits per heavy atom. The number of alkyl halides is 3. The fourth-order valence-electron chi connectivity index (χ4n) is 4.78. The van der Waals surface area contributed by atoms with Gasteiger partial charge in [-0.3, -0.25) is 19.2 Å². The van der Waals surface area contributed by atoms with Gasteiger partial charge in [-0.25, -0.2) is 4.39 Å². The number of likely N-dealkylation sites (N-methyl/N-ethyl adjacent to an activating group) is 1. The Bertz CT molecular complexity index is 1240. The summed E-state index contributed by atoms with van der Waals surface area (Å²) in [4.78, 5) is 54.7. The average Bonchev–Trinajstić information content (AvgIpc) is 2.93. The molecule has 41 heavy (non-hydrogen) atoms. The van der Waals surface area contributed by atoms with Crippen molar-refractivity contribution in [2.24, 2.45) is 0 Å². The van der Waals surface area contributed by atoms with Crippen LogP contribution in [0.2, 0.25) is 5.02 Å². The molecule has 2 aromatic carbocycles. The zero-order valence-electron chi connectivity index (χ0n) is 22.5. The number of nitrogens with one attached hydrogen (secondary N) is 2. The number of carbonyl (C=O) groups excluding carboxylic acids is 4. The smallest absolute Gasteiger partial charge is 0.357 e. The number of amides is 4. The quantitative estimate of drug-likeness (QED) is 0.410. The minimum absolute atomic E-state index is 0.0626. The molecular weight excluding hydrogens is 568 g/mol. The molecule has 0 aromatic heterocycles. The van der Waals surface area contributed by atoms with E-state index in [0.717, 1.165) is 22.6 Å². The fraction of sp³-hybridized carbons (Fsp3) is 0.429. The molecule has 13 heteroatoms. The molecule has 3 rings (SSSR count). The SMILES string of the molecule is CCCC1C(=O)N(C(Cc2ccc(Cl)cc2)C(=O)NC)CCN1C(=O)C(Cc1ccc(F)cc1)NC(=O)C(F)(F)F. The molecule has 0 spiro atoms. The molecule has 1 aliphatic heterocycles. The third kappa shape index (κ3) is 8.18. The zero-order chi connectivity index (χ0) is 30.3. The van der Waals surface area contributed by atoms with Crippen LogP contribution in [-0.2, 0) is 32.0 Å². The van der Waals surface area contributed by atoms with E-state index in [1.54, 1.807) is 36.5 Å². The molecule has 3 unspecified atom stereocenters. The van der Waals surface area contributed by atoms with E-state index in [2.05, 4.69) is 5.32 Å². The summed E-state index contributed by atoms with van der Waals surface area (Å²) in [7, 11) is 1.44. The van der Waals surface area contributed by atoms with Gasteiger partial charge in [-0.2, -0.15) is 13.2 Å². The van der Waals surface area contributed by atoms with Gasteiger partial charge in [0, 0.05) is 38.0 Å². The predicted molar refractivity (Wildman–Crippen MR) is 143 cm³/mol. The highest BCUT2D eigenvalue weighted by molar-refractivity contribution is 6.30. The second-order valence-electron chi connectivity index (χ2n) is 9.68. The number of benzene rings is 2. The monoisotopic (exact) mass is 598 g/mol. The lowest BCUT2D eigenvalue weighted by Crippen LogP contribution is -2.66. The van der Waals surface area contributed by atoms with Gasteiger partial charge in [-0.1, -0.05) is 49.2 Å². The first-order valence-corrected chi connectivity index (χ1v) is 13.4. The number of hydrogen-bond acceptors (Lipinski definition) is 4. The summed E-state index contributed by atoms with van der Waals surface area (Å²) in [5.74, 6) is -4.72. The summed E-state index contributed by atoms with van der Waals surface area (Å²) < 4.78 is 52.8. The lowest BCUT2D eigenvalue weighted by Gasteiger charge is -2.44. The third-order valence-corrected chi connectivity index (χ3v) is 7.10. The van der Waals surface area contributed by atoms with Crippen molar-refractivity contribution in [1.82, 2.24) is 20.4 Å². The van der Waals surface area contributed by atoms with Crippen LogP contribution in [0.15, 0.2) is 48.5 Å². The average molecular weight is 599 g/mol. The first-order valence-electron chi connectivity index (χ1n) is 13.0. The summed E-state index contributed by atoms with van der Waals surface area (Å²) in [6.45, 7) is 1.64. The van der Waals surface area contributed by atoms with Crippen LogP contribution in [0.1, 0.15) is 30.9 Å². The molecule has 0 bridgehead atoms. The fourth-order valence-corrected chi connectivity index (χ4v) is 4.91. The van der Waals surface area contributed by atoms with E-state index >= 15 is 0 Å². The van der Waals surface area contributed by atoms with Crippen molar-refractivity contribution < 1.29 is 36.7 Å². The van der Waals surface area contributed by atoms with E-state index in [1.807, 2.05) is 0 Å². The van der Waals surface area contributed by atoms with Gasteiger partial charge in [0.2, 0.25) is 17.7 Å². The second-order valence-corrected chi connectivity index (χ2v) is 10.1. The van der Waals surface area contributed by atoms with Crippen molar-refractivity contribution in [2.75, 3.05) is 20.1 Å². The molecule has 0 radical (unpaired) electrons. The van der Waals surface area contributed by atoms with Gasteiger partial charge in [0.1, 0.15) is 23.9 Å². The molecule has 8 nitrogen and oxygen atoms in total. The highest BCUT2D eigenvalue weighted by Crippen LogP contribution is 2.23. The van der Waals surface area contributed by atoms with Gasteiger partial charge in [-0.15, -0.1) is 0 Å². The minimum atomic E-state index is -5.25. The number of hydrogen-bond donors (Lipinski definition) is 2. The van der Waals surface area contributed by atoms with Crippen molar-refractivity contribution in [3.63, 3.8) is 0 Å². The van der Waals surface area contributed by atoms with Gasteiger partial charge in [0.25, 0.3) is 0 Å². The van der Waals surface area contributed by atoms with Gasteiger partial charge >= 0.3 is 12.1 Å². The van der Waals surface area contributed by atoms with E-state index in [1.165, 1.54) is 24.1 Å². The van der Waals surface area contributed by atoms with Gasteiger partial charge in [0.15, 0.2) is 0 Å². The van der Waals surface area contributed by atoms with Crippen molar-refractivity contribution in [3.8, 4) is 0 Å². The first-order chi connectivity index (χ1) is 19.3. The molecule has 1 fully saturated rings. The van der Waals surface area contributed by atoms with E-state index in [4.69, 9.17) is 11.6 Å². The summed E-state index contributed by atoms with van der Waals surface area (Å²) in [6, 6.07) is 7.90. The Labute approximate surface area is 240 Å². The summed E-state index contributed by atoms with van der Waals surface area (Å²) in [6.07, 6.45) is -4.80. The molecule has 222 valence electrons. The maximum absolute atomic E-state index is 13.8. The number of piperazine rings is 1. The number of rotatable bonds is 10. The topological polar surface area (TPSA) is 98.8 Å². The molecule has 4 amide bonds. The Kier molecular flexibility index (Phi) is 10.7. The molecule has 1 heterocycles. The van der Waals surface area contributed by atoms with Crippen LogP contribution in [0.4, 0.5) is 17.6 Å². The molecule has 2 aromatic rings. The third-order valence-electron chi connectivity index (χ3n) is 6.85.